The summed E-state index contributed by atoms with van der Waals surface area (Å²) in [5, 5.41) is 10.5. The highest BCUT2D eigenvalue weighted by Crippen LogP contribution is 2.24. The van der Waals surface area contributed by atoms with Crippen molar-refractivity contribution in [3.8, 4) is 5.75 Å². The SMILES string of the molecule is CC(C)Oc1ccc(C(O)Cc2ccc(Cl)cc2F)cc1. The molecule has 2 aromatic carbocycles. The molecular formula is C17H18ClFO2. The third kappa shape index (κ3) is 4.45. The molecule has 2 aromatic rings. The standard InChI is InChI=1S/C17H18ClFO2/c1-11(2)21-15-7-4-12(5-8-15)17(20)9-13-3-6-14(18)10-16(13)19/h3-8,10-11,17,20H,9H2,1-2H3. The molecule has 0 aliphatic rings. The summed E-state index contributed by atoms with van der Waals surface area (Å²) in [6, 6.07) is 11.6. The third-order valence-corrected chi connectivity index (χ3v) is 3.30. The summed E-state index contributed by atoms with van der Waals surface area (Å²) in [5.74, 6) is 0.347. The van der Waals surface area contributed by atoms with Crippen molar-refractivity contribution in [1.82, 2.24) is 0 Å². The molecule has 0 bridgehead atoms. The Hall–Kier alpha value is -1.58. The van der Waals surface area contributed by atoms with E-state index in [-0.39, 0.29) is 12.5 Å². The van der Waals surface area contributed by atoms with Gasteiger partial charge in [0.15, 0.2) is 0 Å². The van der Waals surface area contributed by atoms with Crippen LogP contribution in [0.3, 0.4) is 0 Å². The van der Waals surface area contributed by atoms with Crippen LogP contribution in [-0.4, -0.2) is 11.2 Å². The molecule has 0 saturated carbocycles. The van der Waals surface area contributed by atoms with Crippen molar-refractivity contribution in [1.29, 1.82) is 0 Å². The zero-order valence-corrected chi connectivity index (χ0v) is 12.8. The first-order valence-electron chi connectivity index (χ1n) is 6.84. The molecule has 0 heterocycles. The van der Waals surface area contributed by atoms with Gasteiger partial charge in [0.05, 0.1) is 12.2 Å². The van der Waals surface area contributed by atoms with Gasteiger partial charge < -0.3 is 9.84 Å². The Morgan fingerprint density at radius 2 is 1.81 bits per heavy atom. The fourth-order valence-corrected chi connectivity index (χ4v) is 2.21. The number of aliphatic hydroxyl groups is 1. The second kappa shape index (κ2) is 6.92. The van der Waals surface area contributed by atoms with E-state index in [4.69, 9.17) is 16.3 Å². The number of ether oxygens (including phenoxy) is 1. The lowest BCUT2D eigenvalue weighted by Gasteiger charge is -2.14. The lowest BCUT2D eigenvalue weighted by Crippen LogP contribution is -2.06. The molecule has 0 saturated heterocycles. The first-order chi connectivity index (χ1) is 9.95. The fourth-order valence-electron chi connectivity index (χ4n) is 2.05. The van der Waals surface area contributed by atoms with Crippen molar-refractivity contribution in [3.05, 3.63) is 64.4 Å². The maximum Gasteiger partial charge on any atom is 0.127 e. The van der Waals surface area contributed by atoms with E-state index in [0.29, 0.717) is 10.6 Å². The lowest BCUT2D eigenvalue weighted by atomic mass is 10.0. The van der Waals surface area contributed by atoms with Crippen molar-refractivity contribution in [2.75, 3.05) is 0 Å². The molecule has 0 aliphatic heterocycles. The van der Waals surface area contributed by atoms with Crippen molar-refractivity contribution in [2.24, 2.45) is 0 Å². The van der Waals surface area contributed by atoms with Crippen LogP contribution in [0.5, 0.6) is 5.75 Å². The summed E-state index contributed by atoms with van der Waals surface area (Å²) in [7, 11) is 0. The second-order valence-corrected chi connectivity index (χ2v) is 5.63. The van der Waals surface area contributed by atoms with Crippen LogP contribution in [0.4, 0.5) is 4.39 Å². The van der Waals surface area contributed by atoms with Crippen molar-refractivity contribution >= 4 is 11.6 Å². The van der Waals surface area contributed by atoms with Crippen LogP contribution in [0.2, 0.25) is 5.02 Å². The topological polar surface area (TPSA) is 29.5 Å². The quantitative estimate of drug-likeness (QED) is 0.878. The Labute approximate surface area is 129 Å². The summed E-state index contributed by atoms with van der Waals surface area (Å²) in [6.07, 6.45) is -0.467. The van der Waals surface area contributed by atoms with Gasteiger partial charge in [-0.2, -0.15) is 0 Å². The molecular weight excluding hydrogens is 291 g/mol. The van der Waals surface area contributed by atoms with Crippen LogP contribution in [-0.2, 0) is 6.42 Å². The predicted octanol–water partition coefficient (Wildman–Crippen LogP) is 4.54. The van der Waals surface area contributed by atoms with E-state index >= 15 is 0 Å². The Balaban J connectivity index is 2.07. The molecule has 112 valence electrons. The van der Waals surface area contributed by atoms with E-state index in [9.17, 15) is 9.50 Å². The summed E-state index contributed by atoms with van der Waals surface area (Å²) in [4.78, 5) is 0. The molecule has 4 heteroatoms. The smallest absolute Gasteiger partial charge is 0.127 e. The maximum atomic E-state index is 13.7. The Morgan fingerprint density at radius 3 is 2.38 bits per heavy atom. The van der Waals surface area contributed by atoms with E-state index < -0.39 is 11.9 Å². The third-order valence-electron chi connectivity index (χ3n) is 3.07. The van der Waals surface area contributed by atoms with Crippen LogP contribution in [0, 0.1) is 5.82 Å². The normalized spacial score (nSPS) is 12.5. The molecule has 0 aliphatic carbocycles. The molecule has 0 aromatic heterocycles. The molecule has 1 atom stereocenters. The Kier molecular flexibility index (Phi) is 5.21. The minimum atomic E-state index is -0.770. The average molecular weight is 309 g/mol. The summed E-state index contributed by atoms with van der Waals surface area (Å²) in [5.41, 5.74) is 1.16. The van der Waals surface area contributed by atoms with Crippen molar-refractivity contribution in [3.63, 3.8) is 0 Å². The molecule has 1 unspecified atom stereocenters. The van der Waals surface area contributed by atoms with Gasteiger partial charge in [0.1, 0.15) is 11.6 Å². The predicted molar refractivity (Wildman–Crippen MR) is 82.3 cm³/mol. The van der Waals surface area contributed by atoms with E-state index in [1.807, 2.05) is 13.8 Å². The number of benzene rings is 2. The van der Waals surface area contributed by atoms with Gasteiger partial charge in [-0.25, -0.2) is 4.39 Å². The zero-order valence-electron chi connectivity index (χ0n) is 12.0. The molecule has 0 amide bonds. The van der Waals surface area contributed by atoms with Gasteiger partial charge in [-0.05, 0) is 49.2 Å². The Morgan fingerprint density at radius 1 is 1.14 bits per heavy atom. The number of halogens is 2. The van der Waals surface area contributed by atoms with E-state index in [0.717, 1.165) is 11.3 Å². The molecule has 2 nitrogen and oxygen atoms in total. The monoisotopic (exact) mass is 308 g/mol. The minimum Gasteiger partial charge on any atom is -0.491 e. The maximum absolute atomic E-state index is 13.7. The molecule has 2 rings (SSSR count). The van der Waals surface area contributed by atoms with Gasteiger partial charge in [-0.3, -0.25) is 0 Å². The zero-order chi connectivity index (χ0) is 15.4. The summed E-state index contributed by atoms with van der Waals surface area (Å²) >= 11 is 5.71. The average Bonchev–Trinajstić information content (AvgIpc) is 2.42. The van der Waals surface area contributed by atoms with Crippen LogP contribution >= 0.6 is 11.6 Å². The highest BCUT2D eigenvalue weighted by Gasteiger charge is 2.12. The van der Waals surface area contributed by atoms with Gasteiger partial charge >= 0.3 is 0 Å². The first-order valence-corrected chi connectivity index (χ1v) is 7.22. The highest BCUT2D eigenvalue weighted by atomic mass is 35.5. The van der Waals surface area contributed by atoms with Crippen LogP contribution in [0.1, 0.15) is 31.1 Å². The summed E-state index contributed by atoms with van der Waals surface area (Å²) in [6.45, 7) is 3.90. The number of aliphatic hydroxyl groups excluding tert-OH is 1. The number of rotatable bonds is 5. The molecule has 21 heavy (non-hydrogen) atoms. The van der Waals surface area contributed by atoms with Crippen LogP contribution in [0.15, 0.2) is 42.5 Å². The summed E-state index contributed by atoms with van der Waals surface area (Å²) < 4.78 is 19.3. The van der Waals surface area contributed by atoms with Gasteiger partial charge in [-0.15, -0.1) is 0 Å². The Bertz CT molecular complexity index is 596. The minimum absolute atomic E-state index is 0.101. The van der Waals surface area contributed by atoms with Gasteiger partial charge in [-0.1, -0.05) is 29.8 Å². The fraction of sp³-hybridized carbons (Fsp3) is 0.294. The largest absolute Gasteiger partial charge is 0.491 e. The molecule has 0 fully saturated rings. The number of hydrogen-bond donors (Lipinski definition) is 1. The van der Waals surface area contributed by atoms with E-state index in [1.165, 1.54) is 6.07 Å². The number of hydrogen-bond acceptors (Lipinski definition) is 2. The lowest BCUT2D eigenvalue weighted by molar-refractivity contribution is 0.177. The van der Waals surface area contributed by atoms with Gasteiger partial charge in [0.2, 0.25) is 0 Å². The van der Waals surface area contributed by atoms with Gasteiger partial charge in [0, 0.05) is 11.4 Å². The molecule has 0 radical (unpaired) electrons. The molecule has 1 N–H and O–H groups in total. The van der Waals surface area contributed by atoms with Crippen molar-refractivity contribution in [2.45, 2.75) is 32.5 Å². The van der Waals surface area contributed by atoms with Crippen molar-refractivity contribution < 1.29 is 14.2 Å². The first kappa shape index (κ1) is 15.8. The van der Waals surface area contributed by atoms with Gasteiger partial charge in [0.25, 0.3) is 0 Å². The second-order valence-electron chi connectivity index (χ2n) is 5.19. The van der Waals surface area contributed by atoms with E-state index in [1.54, 1.807) is 36.4 Å². The highest BCUT2D eigenvalue weighted by molar-refractivity contribution is 6.30. The van der Waals surface area contributed by atoms with E-state index in [2.05, 4.69) is 0 Å². The van der Waals surface area contributed by atoms with Crippen LogP contribution in [0.25, 0.3) is 0 Å². The molecule has 0 spiro atoms. The van der Waals surface area contributed by atoms with Crippen LogP contribution < -0.4 is 4.74 Å².